The maximum Gasteiger partial charge on any atom is 0.244 e. The number of carbonyl (C=O) groups excluding carboxylic acids is 1. The summed E-state index contributed by atoms with van der Waals surface area (Å²) in [6.07, 6.45) is 3.32. The molecule has 1 aromatic carbocycles. The number of nitrogens with zero attached hydrogens (tertiary/aromatic N) is 3. The molecule has 1 aromatic heterocycles. The van der Waals surface area contributed by atoms with Gasteiger partial charge < -0.3 is 4.90 Å². The summed E-state index contributed by atoms with van der Waals surface area (Å²) in [5, 5.41) is 4.38. The summed E-state index contributed by atoms with van der Waals surface area (Å²) in [6, 6.07) is 12.7. The molecule has 0 aliphatic carbocycles. The third kappa shape index (κ3) is 4.01. The standard InChI is InChI=1S/C19H25N3O/c1-15-12-16(2)22(20-15)14-19(23)21-10-8-18(9-11-21)13-17-6-4-3-5-7-17/h3-7,12,18H,8-11,13-14H2,1-2H3. The van der Waals surface area contributed by atoms with Crippen molar-refractivity contribution in [1.29, 1.82) is 0 Å². The number of likely N-dealkylation sites (tertiary alicyclic amines) is 1. The zero-order chi connectivity index (χ0) is 16.2. The highest BCUT2D eigenvalue weighted by Gasteiger charge is 2.23. The number of aryl methyl sites for hydroxylation is 2. The molecular formula is C19H25N3O. The molecule has 4 nitrogen and oxygen atoms in total. The second kappa shape index (κ2) is 6.99. The maximum atomic E-state index is 12.5. The van der Waals surface area contributed by atoms with Gasteiger partial charge in [0, 0.05) is 18.8 Å². The zero-order valence-corrected chi connectivity index (χ0v) is 14.0. The Balaban J connectivity index is 1.50. The van der Waals surface area contributed by atoms with Crippen LogP contribution in [0.4, 0.5) is 0 Å². The Kier molecular flexibility index (Phi) is 4.79. The molecular weight excluding hydrogens is 286 g/mol. The van der Waals surface area contributed by atoms with Crippen LogP contribution in [0, 0.1) is 19.8 Å². The Morgan fingerprint density at radius 2 is 1.87 bits per heavy atom. The van der Waals surface area contributed by atoms with E-state index >= 15 is 0 Å². The van der Waals surface area contributed by atoms with Gasteiger partial charge in [0.1, 0.15) is 6.54 Å². The minimum atomic E-state index is 0.189. The van der Waals surface area contributed by atoms with Crippen LogP contribution in [0.25, 0.3) is 0 Å². The molecule has 0 saturated carbocycles. The Morgan fingerprint density at radius 3 is 2.48 bits per heavy atom. The van der Waals surface area contributed by atoms with E-state index in [-0.39, 0.29) is 5.91 Å². The van der Waals surface area contributed by atoms with Gasteiger partial charge in [-0.2, -0.15) is 5.10 Å². The van der Waals surface area contributed by atoms with Crippen molar-refractivity contribution in [2.75, 3.05) is 13.1 Å². The number of rotatable bonds is 4. The van der Waals surface area contributed by atoms with Crippen molar-refractivity contribution < 1.29 is 4.79 Å². The Hall–Kier alpha value is -2.10. The third-order valence-electron chi connectivity index (χ3n) is 4.72. The summed E-state index contributed by atoms with van der Waals surface area (Å²) >= 11 is 0. The maximum absolute atomic E-state index is 12.5. The van der Waals surface area contributed by atoms with Crippen molar-refractivity contribution in [3.63, 3.8) is 0 Å². The predicted molar refractivity (Wildman–Crippen MR) is 91.2 cm³/mol. The van der Waals surface area contributed by atoms with Crippen LogP contribution in [0.15, 0.2) is 36.4 Å². The fourth-order valence-electron chi connectivity index (χ4n) is 3.40. The highest BCUT2D eigenvalue weighted by molar-refractivity contribution is 5.76. The molecule has 0 bridgehead atoms. The van der Waals surface area contributed by atoms with Gasteiger partial charge in [-0.1, -0.05) is 30.3 Å². The van der Waals surface area contributed by atoms with E-state index < -0.39 is 0 Å². The Morgan fingerprint density at radius 1 is 1.17 bits per heavy atom. The largest absolute Gasteiger partial charge is 0.341 e. The number of piperidine rings is 1. The van der Waals surface area contributed by atoms with E-state index in [9.17, 15) is 4.79 Å². The molecule has 0 N–H and O–H groups in total. The van der Waals surface area contributed by atoms with Gasteiger partial charge in [-0.05, 0) is 50.7 Å². The smallest absolute Gasteiger partial charge is 0.244 e. The average Bonchev–Trinajstić information content (AvgIpc) is 2.86. The first-order valence-electron chi connectivity index (χ1n) is 8.44. The first-order chi connectivity index (χ1) is 11.1. The predicted octanol–water partition coefficient (Wildman–Crippen LogP) is 2.98. The summed E-state index contributed by atoms with van der Waals surface area (Å²) in [5.41, 5.74) is 3.42. The molecule has 0 atom stereocenters. The van der Waals surface area contributed by atoms with Gasteiger partial charge in [0.15, 0.2) is 0 Å². The number of carbonyl (C=O) groups is 1. The van der Waals surface area contributed by atoms with Crippen LogP contribution in [-0.4, -0.2) is 33.7 Å². The highest BCUT2D eigenvalue weighted by Crippen LogP contribution is 2.22. The third-order valence-corrected chi connectivity index (χ3v) is 4.72. The monoisotopic (exact) mass is 311 g/mol. The number of aromatic nitrogens is 2. The van der Waals surface area contributed by atoms with Crippen molar-refractivity contribution in [1.82, 2.24) is 14.7 Å². The first-order valence-corrected chi connectivity index (χ1v) is 8.44. The molecule has 23 heavy (non-hydrogen) atoms. The number of hydrogen-bond donors (Lipinski definition) is 0. The van der Waals surface area contributed by atoms with Crippen LogP contribution in [0.3, 0.4) is 0 Å². The van der Waals surface area contributed by atoms with E-state index in [0.29, 0.717) is 12.5 Å². The normalized spacial score (nSPS) is 15.8. The van der Waals surface area contributed by atoms with Crippen molar-refractivity contribution >= 4 is 5.91 Å². The van der Waals surface area contributed by atoms with Gasteiger partial charge in [0.2, 0.25) is 5.91 Å². The molecule has 0 radical (unpaired) electrons. The second-order valence-electron chi connectivity index (χ2n) is 6.60. The van der Waals surface area contributed by atoms with Crippen LogP contribution >= 0.6 is 0 Å². The summed E-state index contributed by atoms with van der Waals surface area (Å²) < 4.78 is 1.81. The topological polar surface area (TPSA) is 38.1 Å². The molecule has 0 spiro atoms. The van der Waals surface area contributed by atoms with Crippen molar-refractivity contribution in [2.24, 2.45) is 5.92 Å². The molecule has 122 valence electrons. The SMILES string of the molecule is Cc1cc(C)n(CC(=O)N2CCC(Cc3ccccc3)CC2)n1. The molecule has 1 amide bonds. The zero-order valence-electron chi connectivity index (χ0n) is 14.0. The van der Waals surface area contributed by atoms with Gasteiger partial charge in [-0.3, -0.25) is 9.48 Å². The summed E-state index contributed by atoms with van der Waals surface area (Å²) in [4.78, 5) is 14.5. The molecule has 2 aromatic rings. The molecule has 4 heteroatoms. The number of hydrogen-bond acceptors (Lipinski definition) is 2. The lowest BCUT2D eigenvalue weighted by atomic mass is 9.90. The fourth-order valence-corrected chi connectivity index (χ4v) is 3.40. The lowest BCUT2D eigenvalue weighted by Crippen LogP contribution is -2.40. The Labute approximate surface area is 138 Å². The molecule has 1 aliphatic heterocycles. The number of amides is 1. The van der Waals surface area contributed by atoms with E-state index in [2.05, 4.69) is 35.4 Å². The summed E-state index contributed by atoms with van der Waals surface area (Å²) in [5.74, 6) is 0.879. The van der Waals surface area contributed by atoms with Crippen LogP contribution in [-0.2, 0) is 17.8 Å². The van der Waals surface area contributed by atoms with Crippen molar-refractivity contribution in [3.8, 4) is 0 Å². The van der Waals surface area contributed by atoms with Gasteiger partial charge in [0.05, 0.1) is 5.69 Å². The number of benzene rings is 1. The van der Waals surface area contributed by atoms with E-state index in [1.807, 2.05) is 29.5 Å². The van der Waals surface area contributed by atoms with Gasteiger partial charge >= 0.3 is 0 Å². The first kappa shape index (κ1) is 15.8. The van der Waals surface area contributed by atoms with Gasteiger partial charge in [-0.15, -0.1) is 0 Å². The highest BCUT2D eigenvalue weighted by atomic mass is 16.2. The molecule has 2 heterocycles. The van der Waals surface area contributed by atoms with Gasteiger partial charge in [0.25, 0.3) is 0 Å². The summed E-state index contributed by atoms with van der Waals surface area (Å²) in [7, 11) is 0. The minimum absolute atomic E-state index is 0.189. The molecule has 0 unspecified atom stereocenters. The lowest BCUT2D eigenvalue weighted by Gasteiger charge is -2.32. The van der Waals surface area contributed by atoms with E-state index in [0.717, 1.165) is 43.7 Å². The van der Waals surface area contributed by atoms with Crippen LogP contribution in [0.1, 0.15) is 29.8 Å². The molecule has 1 fully saturated rings. The minimum Gasteiger partial charge on any atom is -0.341 e. The van der Waals surface area contributed by atoms with Gasteiger partial charge in [-0.25, -0.2) is 0 Å². The molecule has 3 rings (SSSR count). The van der Waals surface area contributed by atoms with Crippen LogP contribution in [0.5, 0.6) is 0 Å². The average molecular weight is 311 g/mol. The van der Waals surface area contributed by atoms with Crippen LogP contribution in [0.2, 0.25) is 0 Å². The molecule has 1 saturated heterocycles. The van der Waals surface area contributed by atoms with E-state index in [1.165, 1.54) is 5.56 Å². The van der Waals surface area contributed by atoms with Crippen LogP contribution < -0.4 is 0 Å². The van der Waals surface area contributed by atoms with Crippen molar-refractivity contribution in [3.05, 3.63) is 53.3 Å². The second-order valence-corrected chi connectivity index (χ2v) is 6.60. The van der Waals surface area contributed by atoms with E-state index in [4.69, 9.17) is 0 Å². The fraction of sp³-hybridized carbons (Fsp3) is 0.474. The molecule has 1 aliphatic rings. The quantitative estimate of drug-likeness (QED) is 0.870. The van der Waals surface area contributed by atoms with E-state index in [1.54, 1.807) is 0 Å². The van der Waals surface area contributed by atoms with Crippen molar-refractivity contribution in [2.45, 2.75) is 39.7 Å². The Bertz CT molecular complexity index is 655. The summed E-state index contributed by atoms with van der Waals surface area (Å²) in [6.45, 7) is 6.07. The lowest BCUT2D eigenvalue weighted by molar-refractivity contribution is -0.133.